The zero-order valence-electron chi connectivity index (χ0n) is 16.8. The Hall–Kier alpha value is -2.19. The lowest BCUT2D eigenvalue weighted by Crippen LogP contribution is -2.46. The van der Waals surface area contributed by atoms with Crippen LogP contribution in [0, 0.1) is 0 Å². The summed E-state index contributed by atoms with van der Waals surface area (Å²) < 4.78 is 27.8. The molecule has 8 heteroatoms. The molecule has 0 unspecified atom stereocenters. The van der Waals surface area contributed by atoms with Crippen LogP contribution < -0.4 is 4.72 Å². The van der Waals surface area contributed by atoms with Crippen molar-refractivity contribution in [2.24, 2.45) is 0 Å². The van der Waals surface area contributed by atoms with Crippen LogP contribution in [-0.4, -0.2) is 54.2 Å². The van der Waals surface area contributed by atoms with Crippen molar-refractivity contribution in [3.63, 3.8) is 0 Å². The second-order valence-electron chi connectivity index (χ2n) is 8.02. The SMILES string of the molecule is CS(=O)(=O)NC1CCN(C(=O)c2nc(-c3ccccc3)n3c2CCCCC3)CC1. The Morgan fingerprint density at radius 1 is 1.07 bits per heavy atom. The van der Waals surface area contributed by atoms with Gasteiger partial charge in [0.05, 0.1) is 11.9 Å². The zero-order chi connectivity index (χ0) is 20.4. The molecule has 0 radical (unpaired) electrons. The van der Waals surface area contributed by atoms with Gasteiger partial charge in [0, 0.05) is 31.2 Å². The Labute approximate surface area is 172 Å². The monoisotopic (exact) mass is 416 g/mol. The van der Waals surface area contributed by atoms with Gasteiger partial charge in [0.1, 0.15) is 11.5 Å². The predicted molar refractivity (Wildman–Crippen MR) is 112 cm³/mol. The van der Waals surface area contributed by atoms with Crippen LogP contribution in [0.5, 0.6) is 0 Å². The minimum Gasteiger partial charge on any atom is -0.337 e. The second kappa shape index (κ2) is 8.28. The number of carbonyl (C=O) groups is 1. The minimum absolute atomic E-state index is 0.0318. The maximum absolute atomic E-state index is 13.3. The third-order valence-corrected chi connectivity index (χ3v) is 6.53. The molecule has 2 aromatic rings. The summed E-state index contributed by atoms with van der Waals surface area (Å²) in [5.41, 5.74) is 2.65. The van der Waals surface area contributed by atoms with Gasteiger partial charge in [-0.1, -0.05) is 36.8 Å². The van der Waals surface area contributed by atoms with Crippen LogP contribution in [0.1, 0.15) is 48.3 Å². The molecule has 1 saturated heterocycles. The summed E-state index contributed by atoms with van der Waals surface area (Å²) in [6.45, 7) is 1.97. The van der Waals surface area contributed by atoms with Crippen LogP contribution in [0.2, 0.25) is 0 Å². The first-order chi connectivity index (χ1) is 13.9. The molecule has 0 spiro atoms. The van der Waals surface area contributed by atoms with E-state index >= 15 is 0 Å². The summed E-state index contributed by atoms with van der Waals surface area (Å²) in [7, 11) is -3.23. The van der Waals surface area contributed by atoms with E-state index in [9.17, 15) is 13.2 Å². The highest BCUT2D eigenvalue weighted by atomic mass is 32.2. The van der Waals surface area contributed by atoms with Gasteiger partial charge < -0.3 is 9.47 Å². The molecule has 1 fully saturated rings. The largest absolute Gasteiger partial charge is 0.337 e. The van der Waals surface area contributed by atoms with E-state index in [0.29, 0.717) is 31.6 Å². The maximum atomic E-state index is 13.3. The van der Waals surface area contributed by atoms with Crippen molar-refractivity contribution in [1.29, 1.82) is 0 Å². The Bertz CT molecular complexity index is 977. The van der Waals surface area contributed by atoms with Gasteiger partial charge in [0.25, 0.3) is 5.91 Å². The number of piperidine rings is 1. The van der Waals surface area contributed by atoms with E-state index in [0.717, 1.165) is 49.3 Å². The fourth-order valence-electron chi connectivity index (χ4n) is 4.35. The van der Waals surface area contributed by atoms with Crippen molar-refractivity contribution in [2.75, 3.05) is 19.3 Å². The number of sulfonamides is 1. The van der Waals surface area contributed by atoms with Gasteiger partial charge in [-0.2, -0.15) is 0 Å². The van der Waals surface area contributed by atoms with Gasteiger partial charge in [-0.25, -0.2) is 18.1 Å². The summed E-state index contributed by atoms with van der Waals surface area (Å²) >= 11 is 0. The number of hydrogen-bond acceptors (Lipinski definition) is 4. The van der Waals surface area contributed by atoms with Crippen LogP contribution >= 0.6 is 0 Å². The summed E-state index contributed by atoms with van der Waals surface area (Å²) in [4.78, 5) is 20.0. The zero-order valence-corrected chi connectivity index (χ0v) is 17.6. The molecule has 7 nitrogen and oxygen atoms in total. The molecule has 1 aromatic carbocycles. The topological polar surface area (TPSA) is 84.3 Å². The van der Waals surface area contributed by atoms with Crippen molar-refractivity contribution in [3.05, 3.63) is 41.7 Å². The summed E-state index contributed by atoms with van der Waals surface area (Å²) in [6, 6.07) is 9.95. The van der Waals surface area contributed by atoms with E-state index in [1.54, 1.807) is 0 Å². The lowest BCUT2D eigenvalue weighted by atomic mass is 10.1. The van der Waals surface area contributed by atoms with Crippen LogP contribution in [0.4, 0.5) is 0 Å². The van der Waals surface area contributed by atoms with Crippen LogP contribution in [0.3, 0.4) is 0 Å². The third kappa shape index (κ3) is 4.53. The number of fused-ring (bicyclic) bond motifs is 1. The highest BCUT2D eigenvalue weighted by molar-refractivity contribution is 7.88. The van der Waals surface area contributed by atoms with Crippen molar-refractivity contribution in [1.82, 2.24) is 19.2 Å². The van der Waals surface area contributed by atoms with E-state index in [4.69, 9.17) is 4.98 Å². The summed E-state index contributed by atoms with van der Waals surface area (Å²) in [6.07, 6.45) is 6.62. The number of nitrogens with zero attached hydrogens (tertiary/aromatic N) is 3. The normalized spacial score (nSPS) is 18.3. The molecule has 3 heterocycles. The van der Waals surface area contributed by atoms with Crippen molar-refractivity contribution in [2.45, 2.75) is 51.1 Å². The Morgan fingerprint density at radius 3 is 2.48 bits per heavy atom. The number of benzene rings is 1. The molecule has 1 amide bonds. The average Bonchev–Trinajstić information content (AvgIpc) is 2.88. The number of carbonyl (C=O) groups excluding carboxylic acids is 1. The van der Waals surface area contributed by atoms with Gasteiger partial charge in [0.15, 0.2) is 0 Å². The number of rotatable bonds is 4. The molecule has 2 aliphatic rings. The van der Waals surface area contributed by atoms with Crippen molar-refractivity contribution < 1.29 is 13.2 Å². The smallest absolute Gasteiger partial charge is 0.274 e. The van der Waals surface area contributed by atoms with Gasteiger partial charge in [-0.15, -0.1) is 0 Å². The average molecular weight is 417 g/mol. The van der Waals surface area contributed by atoms with Crippen molar-refractivity contribution in [3.8, 4) is 11.4 Å². The van der Waals surface area contributed by atoms with E-state index in [1.807, 2.05) is 35.2 Å². The fraction of sp³-hybridized carbons (Fsp3) is 0.524. The van der Waals surface area contributed by atoms with Crippen molar-refractivity contribution >= 4 is 15.9 Å². The Morgan fingerprint density at radius 2 is 1.79 bits per heavy atom. The first kappa shape index (κ1) is 20.1. The van der Waals surface area contributed by atoms with E-state index < -0.39 is 10.0 Å². The van der Waals surface area contributed by atoms with Crippen LogP contribution in [0.25, 0.3) is 11.4 Å². The molecule has 156 valence electrons. The number of likely N-dealkylation sites (tertiary alicyclic amines) is 1. The fourth-order valence-corrected chi connectivity index (χ4v) is 5.19. The number of imidazole rings is 1. The highest BCUT2D eigenvalue weighted by Gasteiger charge is 2.30. The number of hydrogen-bond donors (Lipinski definition) is 1. The molecule has 4 rings (SSSR count). The molecule has 0 saturated carbocycles. The molecule has 2 aliphatic heterocycles. The number of nitrogens with one attached hydrogen (secondary N) is 1. The van der Waals surface area contributed by atoms with E-state index in [1.165, 1.54) is 6.26 Å². The highest BCUT2D eigenvalue weighted by Crippen LogP contribution is 2.28. The molecule has 1 N–H and O–H groups in total. The quantitative estimate of drug-likeness (QED) is 0.830. The van der Waals surface area contributed by atoms with E-state index in [2.05, 4.69) is 9.29 Å². The molecule has 0 atom stereocenters. The molecule has 0 aliphatic carbocycles. The van der Waals surface area contributed by atoms with Gasteiger partial charge in [-0.05, 0) is 32.1 Å². The molecule has 1 aromatic heterocycles. The van der Waals surface area contributed by atoms with Crippen LogP contribution in [-0.2, 0) is 23.0 Å². The second-order valence-corrected chi connectivity index (χ2v) is 9.80. The van der Waals surface area contributed by atoms with Gasteiger partial charge in [-0.3, -0.25) is 4.79 Å². The lowest BCUT2D eigenvalue weighted by Gasteiger charge is -2.31. The minimum atomic E-state index is -3.23. The van der Waals surface area contributed by atoms with E-state index in [-0.39, 0.29) is 11.9 Å². The molecule has 0 bridgehead atoms. The number of amides is 1. The first-order valence-electron chi connectivity index (χ1n) is 10.3. The van der Waals surface area contributed by atoms with Gasteiger partial charge >= 0.3 is 0 Å². The lowest BCUT2D eigenvalue weighted by molar-refractivity contribution is 0.0704. The van der Waals surface area contributed by atoms with Crippen LogP contribution in [0.15, 0.2) is 30.3 Å². The molecular weight excluding hydrogens is 388 g/mol. The first-order valence-corrected chi connectivity index (χ1v) is 12.2. The molecular formula is C21H28N4O3S. The predicted octanol–water partition coefficient (Wildman–Crippen LogP) is 2.43. The molecule has 29 heavy (non-hydrogen) atoms. The standard InChI is InChI=1S/C21H28N4O3S/c1-29(27,28)23-17-11-14-24(15-12-17)21(26)19-18-10-6-3-7-13-25(18)20(22-19)16-8-4-2-5-9-16/h2,4-5,8-9,17,23H,3,6-7,10-15H2,1H3. The maximum Gasteiger partial charge on any atom is 0.274 e. The van der Waals surface area contributed by atoms with Gasteiger partial charge in [0.2, 0.25) is 10.0 Å². The Kier molecular flexibility index (Phi) is 5.74. The third-order valence-electron chi connectivity index (χ3n) is 5.77. The number of aromatic nitrogens is 2. The summed E-state index contributed by atoms with van der Waals surface area (Å²) in [5.74, 6) is 0.843. The Balaban J connectivity index is 1.58. The summed E-state index contributed by atoms with van der Waals surface area (Å²) in [5, 5.41) is 0.